The summed E-state index contributed by atoms with van der Waals surface area (Å²) >= 11 is 0. The van der Waals surface area contributed by atoms with Gasteiger partial charge < -0.3 is 29.5 Å². The summed E-state index contributed by atoms with van der Waals surface area (Å²) in [5, 5.41) is 21.4. The number of ketones is 1. The number of aromatic hydroxyl groups is 1. The summed E-state index contributed by atoms with van der Waals surface area (Å²) in [6.07, 6.45) is 0.638. The predicted octanol–water partition coefficient (Wildman–Crippen LogP) is 4.66. The van der Waals surface area contributed by atoms with Crippen LogP contribution >= 0.6 is 0 Å². The lowest BCUT2D eigenvalue weighted by molar-refractivity contribution is -0.139. The second-order valence-corrected chi connectivity index (χ2v) is 9.88. The van der Waals surface area contributed by atoms with Gasteiger partial charge in [-0.15, -0.1) is 0 Å². The molecular formula is C31H34N2O6. The Hall–Kier alpha value is -4.30. The molecule has 1 amide bonds. The van der Waals surface area contributed by atoms with E-state index in [1.807, 2.05) is 44.1 Å². The van der Waals surface area contributed by atoms with Crippen molar-refractivity contribution >= 4 is 17.4 Å². The van der Waals surface area contributed by atoms with Crippen LogP contribution in [0.15, 0.2) is 72.3 Å². The molecule has 1 aliphatic heterocycles. The molecule has 1 fully saturated rings. The number of Topliss-reactive ketones (excluding diaryl/α,β-unsaturated/α-hetero) is 1. The van der Waals surface area contributed by atoms with E-state index in [0.717, 1.165) is 17.7 Å². The fourth-order valence-corrected chi connectivity index (χ4v) is 4.71. The summed E-state index contributed by atoms with van der Waals surface area (Å²) in [7, 11) is 5.30. The van der Waals surface area contributed by atoms with Gasteiger partial charge >= 0.3 is 0 Å². The lowest BCUT2D eigenvalue weighted by atomic mass is 9.95. The number of hydrogen-bond acceptors (Lipinski definition) is 7. The summed E-state index contributed by atoms with van der Waals surface area (Å²) in [5.41, 5.74) is 3.12. The van der Waals surface area contributed by atoms with Gasteiger partial charge in [-0.3, -0.25) is 9.59 Å². The number of benzene rings is 3. The monoisotopic (exact) mass is 530 g/mol. The van der Waals surface area contributed by atoms with E-state index in [1.165, 1.54) is 18.1 Å². The third-order valence-electron chi connectivity index (χ3n) is 6.68. The number of phenols is 1. The van der Waals surface area contributed by atoms with Crippen LogP contribution in [-0.4, -0.2) is 66.0 Å². The third-order valence-corrected chi connectivity index (χ3v) is 6.68. The average Bonchev–Trinajstić information content (AvgIpc) is 3.17. The highest BCUT2D eigenvalue weighted by Crippen LogP contribution is 2.42. The molecule has 8 heteroatoms. The Balaban J connectivity index is 1.66. The topological polar surface area (TPSA) is 99.5 Å². The Kier molecular flexibility index (Phi) is 8.56. The van der Waals surface area contributed by atoms with Gasteiger partial charge in [0.05, 0.1) is 18.7 Å². The van der Waals surface area contributed by atoms with Gasteiger partial charge in [0.15, 0.2) is 11.5 Å². The highest BCUT2D eigenvalue weighted by atomic mass is 16.5. The molecule has 0 aromatic heterocycles. The maximum atomic E-state index is 13.3. The third kappa shape index (κ3) is 6.23. The Morgan fingerprint density at radius 2 is 1.77 bits per heavy atom. The van der Waals surface area contributed by atoms with Crippen LogP contribution in [0.3, 0.4) is 0 Å². The molecule has 0 saturated carbocycles. The first-order valence-electron chi connectivity index (χ1n) is 12.8. The van der Waals surface area contributed by atoms with Crippen molar-refractivity contribution in [1.29, 1.82) is 0 Å². The summed E-state index contributed by atoms with van der Waals surface area (Å²) in [5.74, 6) is -0.948. The number of likely N-dealkylation sites (tertiary alicyclic amines) is 1. The van der Waals surface area contributed by atoms with Crippen LogP contribution in [-0.2, 0) is 16.2 Å². The maximum absolute atomic E-state index is 13.3. The molecule has 0 aliphatic carbocycles. The molecule has 0 unspecified atom stereocenters. The number of aliphatic hydroxyl groups is 1. The van der Waals surface area contributed by atoms with E-state index in [0.29, 0.717) is 36.4 Å². The number of aliphatic hydroxyl groups excluding tert-OH is 1. The Bertz CT molecular complexity index is 1380. The molecule has 0 bridgehead atoms. The van der Waals surface area contributed by atoms with Crippen LogP contribution < -0.4 is 9.47 Å². The molecule has 1 heterocycles. The summed E-state index contributed by atoms with van der Waals surface area (Å²) in [6.45, 7) is 3.46. The minimum Gasteiger partial charge on any atom is -0.507 e. The SMILES string of the molecule is COc1cc([C@H]2C(=C(O)c3ccc(OCc4cccc(C)c4)cc3)C(=O)C(=O)N2CCCN(C)C)ccc1O. The van der Waals surface area contributed by atoms with E-state index >= 15 is 0 Å². The van der Waals surface area contributed by atoms with Gasteiger partial charge in [-0.2, -0.15) is 0 Å². The van der Waals surface area contributed by atoms with Crippen molar-refractivity contribution in [2.45, 2.75) is 26.0 Å². The number of rotatable bonds is 10. The molecule has 1 saturated heterocycles. The molecule has 3 aromatic carbocycles. The summed E-state index contributed by atoms with van der Waals surface area (Å²) in [6, 6.07) is 18.6. The Labute approximate surface area is 228 Å². The average molecular weight is 531 g/mol. The lowest BCUT2D eigenvalue weighted by Gasteiger charge is -2.26. The largest absolute Gasteiger partial charge is 0.507 e. The van der Waals surface area contributed by atoms with Gasteiger partial charge in [-0.05, 0) is 81.5 Å². The van der Waals surface area contributed by atoms with Gasteiger partial charge in [0.25, 0.3) is 11.7 Å². The number of aryl methyl sites for hydroxylation is 1. The number of phenolic OH excluding ortho intramolecular Hbond substituents is 1. The molecule has 39 heavy (non-hydrogen) atoms. The molecule has 1 aliphatic rings. The van der Waals surface area contributed by atoms with Crippen molar-refractivity contribution in [3.05, 3.63) is 94.6 Å². The van der Waals surface area contributed by atoms with Crippen molar-refractivity contribution in [2.24, 2.45) is 0 Å². The number of carbonyl (C=O) groups is 2. The van der Waals surface area contributed by atoms with E-state index in [-0.39, 0.29) is 22.8 Å². The van der Waals surface area contributed by atoms with E-state index in [1.54, 1.807) is 36.4 Å². The first kappa shape index (κ1) is 27.7. The number of hydrogen-bond donors (Lipinski definition) is 2. The van der Waals surface area contributed by atoms with E-state index in [4.69, 9.17) is 9.47 Å². The predicted molar refractivity (Wildman–Crippen MR) is 149 cm³/mol. The molecule has 0 radical (unpaired) electrons. The zero-order valence-corrected chi connectivity index (χ0v) is 22.7. The second-order valence-electron chi connectivity index (χ2n) is 9.88. The summed E-state index contributed by atoms with van der Waals surface area (Å²) in [4.78, 5) is 29.9. The molecule has 1 atom stereocenters. The van der Waals surface area contributed by atoms with Crippen molar-refractivity contribution in [1.82, 2.24) is 9.80 Å². The zero-order valence-electron chi connectivity index (χ0n) is 22.7. The number of amides is 1. The normalized spacial score (nSPS) is 16.6. The molecule has 4 rings (SSSR count). The van der Waals surface area contributed by atoms with Crippen LogP contribution in [0.25, 0.3) is 5.76 Å². The van der Waals surface area contributed by atoms with Crippen LogP contribution in [0.1, 0.15) is 34.7 Å². The number of carbonyl (C=O) groups excluding carboxylic acids is 2. The van der Waals surface area contributed by atoms with Crippen molar-refractivity contribution in [3.8, 4) is 17.2 Å². The highest BCUT2D eigenvalue weighted by Gasteiger charge is 2.46. The Morgan fingerprint density at radius 3 is 2.44 bits per heavy atom. The molecule has 204 valence electrons. The molecular weight excluding hydrogens is 496 g/mol. The molecule has 2 N–H and O–H groups in total. The Morgan fingerprint density at radius 1 is 1.03 bits per heavy atom. The summed E-state index contributed by atoms with van der Waals surface area (Å²) < 4.78 is 11.1. The van der Waals surface area contributed by atoms with Crippen molar-refractivity contribution in [2.75, 3.05) is 34.3 Å². The maximum Gasteiger partial charge on any atom is 0.295 e. The molecule has 0 spiro atoms. The van der Waals surface area contributed by atoms with Gasteiger partial charge in [-0.1, -0.05) is 35.9 Å². The van der Waals surface area contributed by atoms with Crippen LogP contribution in [0.4, 0.5) is 0 Å². The smallest absolute Gasteiger partial charge is 0.295 e. The minimum absolute atomic E-state index is 0.00831. The molecule has 8 nitrogen and oxygen atoms in total. The number of ether oxygens (including phenoxy) is 2. The van der Waals surface area contributed by atoms with Gasteiger partial charge in [0.1, 0.15) is 18.1 Å². The number of nitrogens with zero attached hydrogens (tertiary/aromatic N) is 2. The van der Waals surface area contributed by atoms with Crippen molar-refractivity contribution < 1.29 is 29.3 Å². The van der Waals surface area contributed by atoms with Crippen LogP contribution in [0.5, 0.6) is 17.2 Å². The van der Waals surface area contributed by atoms with Crippen molar-refractivity contribution in [3.63, 3.8) is 0 Å². The first-order chi connectivity index (χ1) is 18.7. The minimum atomic E-state index is -0.834. The number of methoxy groups -OCH3 is 1. The van der Waals surface area contributed by atoms with E-state index in [2.05, 4.69) is 6.07 Å². The van der Waals surface area contributed by atoms with E-state index < -0.39 is 17.7 Å². The second kappa shape index (κ2) is 12.0. The lowest BCUT2D eigenvalue weighted by Crippen LogP contribution is -2.32. The van der Waals surface area contributed by atoms with Gasteiger partial charge in [-0.25, -0.2) is 0 Å². The standard InChI is InChI=1S/C31H34N2O6/c1-20-7-5-8-21(17-20)19-39-24-12-9-22(10-13-24)29(35)27-28(23-11-14-25(34)26(18-23)38-4)33(31(37)30(27)36)16-6-15-32(2)3/h5,7-14,17-18,28,34-35H,6,15-16,19H2,1-4H3/t28-/m0/s1. The van der Waals surface area contributed by atoms with Crippen LogP contribution in [0.2, 0.25) is 0 Å². The first-order valence-corrected chi connectivity index (χ1v) is 12.8. The quantitative estimate of drug-likeness (QED) is 0.223. The van der Waals surface area contributed by atoms with Gasteiger partial charge in [0.2, 0.25) is 0 Å². The fourth-order valence-electron chi connectivity index (χ4n) is 4.71. The fraction of sp³-hybridized carbons (Fsp3) is 0.290. The molecule has 3 aromatic rings. The van der Waals surface area contributed by atoms with Crippen LogP contribution in [0, 0.1) is 6.92 Å². The van der Waals surface area contributed by atoms with Gasteiger partial charge in [0, 0.05) is 12.1 Å². The zero-order chi connectivity index (χ0) is 28.1. The highest BCUT2D eigenvalue weighted by molar-refractivity contribution is 6.46. The van der Waals surface area contributed by atoms with E-state index in [9.17, 15) is 19.8 Å².